The Hall–Kier alpha value is -1.61. The summed E-state index contributed by atoms with van der Waals surface area (Å²) in [6, 6.07) is 3.91. The summed E-state index contributed by atoms with van der Waals surface area (Å²) in [6.45, 7) is 16.3. The van der Waals surface area contributed by atoms with Crippen molar-refractivity contribution in [3.05, 3.63) is 24.0 Å². The topological polar surface area (TPSA) is 43.8 Å². The van der Waals surface area contributed by atoms with E-state index in [9.17, 15) is 0 Å². The number of piperidine rings is 1. The van der Waals surface area contributed by atoms with E-state index in [0.29, 0.717) is 12.2 Å². The molecule has 0 amide bonds. The van der Waals surface area contributed by atoms with Gasteiger partial charge in [0.25, 0.3) is 0 Å². The molecule has 0 N–H and O–H groups in total. The van der Waals surface area contributed by atoms with Crippen LogP contribution in [0.25, 0.3) is 0 Å². The van der Waals surface area contributed by atoms with Gasteiger partial charge in [-0.25, -0.2) is 4.98 Å². The molecular weight excluding hydrogens is 412 g/mol. The maximum atomic E-state index is 6.09. The van der Waals surface area contributed by atoms with Crippen molar-refractivity contribution >= 4 is 0 Å². The fraction of sp³-hybridized carbons (Fsp3) is 0.750. The molecule has 0 radical (unpaired) electrons. The van der Waals surface area contributed by atoms with Crippen molar-refractivity contribution in [3.63, 3.8) is 0 Å². The van der Waals surface area contributed by atoms with Crippen molar-refractivity contribution < 1.29 is 14.2 Å². The highest BCUT2D eigenvalue weighted by Gasteiger charge is 2.34. The molecule has 5 nitrogen and oxygen atoms in total. The van der Waals surface area contributed by atoms with Crippen molar-refractivity contribution in [3.8, 4) is 17.6 Å². The summed E-state index contributed by atoms with van der Waals surface area (Å²) in [5.41, 5.74) is 0.980. The van der Waals surface area contributed by atoms with Crippen LogP contribution in [0.4, 0.5) is 0 Å². The van der Waals surface area contributed by atoms with Crippen LogP contribution in [0, 0.1) is 11.8 Å². The van der Waals surface area contributed by atoms with Crippen molar-refractivity contribution in [2.24, 2.45) is 0 Å². The monoisotopic (exact) mass is 456 g/mol. The molecule has 1 aliphatic carbocycles. The summed E-state index contributed by atoms with van der Waals surface area (Å²) in [6.07, 6.45) is 9.93. The molecule has 2 heterocycles. The summed E-state index contributed by atoms with van der Waals surface area (Å²) in [5, 5.41) is 0. The Kier molecular flexibility index (Phi) is 9.21. The van der Waals surface area contributed by atoms with Crippen LogP contribution in [0.15, 0.2) is 18.3 Å². The van der Waals surface area contributed by atoms with E-state index in [-0.39, 0.29) is 17.2 Å². The third-order valence-corrected chi connectivity index (χ3v) is 6.27. The van der Waals surface area contributed by atoms with E-state index in [4.69, 9.17) is 14.2 Å². The molecule has 5 heteroatoms. The van der Waals surface area contributed by atoms with Gasteiger partial charge in [0.1, 0.15) is 17.5 Å². The molecule has 0 spiro atoms. The van der Waals surface area contributed by atoms with E-state index in [0.717, 1.165) is 76.1 Å². The van der Waals surface area contributed by atoms with Gasteiger partial charge in [-0.3, -0.25) is 4.90 Å². The van der Waals surface area contributed by atoms with E-state index in [1.807, 2.05) is 12.1 Å². The van der Waals surface area contributed by atoms with Gasteiger partial charge in [-0.1, -0.05) is 5.92 Å². The molecule has 0 unspecified atom stereocenters. The molecule has 1 saturated carbocycles. The highest BCUT2D eigenvalue weighted by molar-refractivity contribution is 5.31. The molecular formula is C28H44N2O3. The second-order valence-corrected chi connectivity index (χ2v) is 11.4. The van der Waals surface area contributed by atoms with E-state index >= 15 is 0 Å². The van der Waals surface area contributed by atoms with Crippen LogP contribution >= 0.6 is 0 Å². The number of nitrogens with zero attached hydrogens (tertiary/aromatic N) is 2. The first-order chi connectivity index (χ1) is 15.6. The smallest absolute Gasteiger partial charge is 0.138 e. The van der Waals surface area contributed by atoms with Crippen LogP contribution in [-0.4, -0.2) is 59.0 Å². The van der Waals surface area contributed by atoms with Gasteiger partial charge in [0, 0.05) is 44.5 Å². The largest absolute Gasteiger partial charge is 0.489 e. The van der Waals surface area contributed by atoms with Gasteiger partial charge >= 0.3 is 0 Å². The second-order valence-electron chi connectivity index (χ2n) is 11.4. The number of hydrogen-bond donors (Lipinski definition) is 0. The zero-order valence-corrected chi connectivity index (χ0v) is 21.7. The third kappa shape index (κ3) is 9.27. The van der Waals surface area contributed by atoms with Crippen molar-refractivity contribution in [1.29, 1.82) is 0 Å². The van der Waals surface area contributed by atoms with E-state index in [1.165, 1.54) is 0 Å². The van der Waals surface area contributed by atoms with E-state index < -0.39 is 0 Å². The number of aromatic nitrogens is 1. The number of hydrogen-bond acceptors (Lipinski definition) is 5. The van der Waals surface area contributed by atoms with Crippen LogP contribution < -0.4 is 4.74 Å². The summed E-state index contributed by atoms with van der Waals surface area (Å²) in [7, 11) is 0. The Labute approximate surface area is 201 Å². The Morgan fingerprint density at radius 2 is 1.70 bits per heavy atom. The second kappa shape index (κ2) is 11.7. The lowest BCUT2D eigenvalue weighted by Crippen LogP contribution is -2.47. The normalized spacial score (nSPS) is 22.4. The molecule has 3 rings (SSSR count). The molecule has 2 aliphatic rings. The van der Waals surface area contributed by atoms with Crippen molar-refractivity contribution in [2.45, 2.75) is 116 Å². The fourth-order valence-corrected chi connectivity index (χ4v) is 4.34. The average molecular weight is 457 g/mol. The van der Waals surface area contributed by atoms with E-state index in [2.05, 4.69) is 63.3 Å². The molecule has 2 fully saturated rings. The zero-order chi connectivity index (χ0) is 23.9. The first-order valence-corrected chi connectivity index (χ1v) is 12.7. The highest BCUT2D eigenvalue weighted by atomic mass is 16.5. The highest BCUT2D eigenvalue weighted by Crippen LogP contribution is 2.31. The van der Waals surface area contributed by atoms with Crippen LogP contribution in [0.2, 0.25) is 0 Å². The molecule has 33 heavy (non-hydrogen) atoms. The quantitative estimate of drug-likeness (QED) is 0.376. The lowest BCUT2D eigenvalue weighted by molar-refractivity contribution is -0.126. The fourth-order valence-electron chi connectivity index (χ4n) is 4.34. The van der Waals surface area contributed by atoms with Gasteiger partial charge in [-0.15, -0.1) is 0 Å². The van der Waals surface area contributed by atoms with Gasteiger partial charge in [-0.2, -0.15) is 0 Å². The third-order valence-electron chi connectivity index (χ3n) is 6.27. The molecule has 1 aromatic rings. The number of unbranched alkanes of at least 4 members (excludes halogenated alkanes) is 2. The number of ether oxygens (including phenoxy) is 3. The van der Waals surface area contributed by atoms with Crippen LogP contribution in [0.1, 0.15) is 92.2 Å². The summed E-state index contributed by atoms with van der Waals surface area (Å²) in [5.74, 6) is 7.21. The molecule has 1 aromatic heterocycles. The Balaban J connectivity index is 1.24. The SMILES string of the molecule is CC(C)(C)OC1CC(Oc2ccc(C#CCCCCOC3CCN(C(C)(C)C)CC3)nc2)C1. The van der Waals surface area contributed by atoms with Crippen LogP contribution in [0.5, 0.6) is 5.75 Å². The van der Waals surface area contributed by atoms with Crippen LogP contribution in [-0.2, 0) is 9.47 Å². The minimum atomic E-state index is -0.0888. The summed E-state index contributed by atoms with van der Waals surface area (Å²) < 4.78 is 18.0. The van der Waals surface area contributed by atoms with Crippen molar-refractivity contribution in [2.75, 3.05) is 19.7 Å². The maximum absolute atomic E-state index is 6.09. The lowest BCUT2D eigenvalue weighted by Gasteiger charge is -2.40. The summed E-state index contributed by atoms with van der Waals surface area (Å²) in [4.78, 5) is 6.98. The first kappa shape index (κ1) is 26.0. The zero-order valence-electron chi connectivity index (χ0n) is 21.7. The Morgan fingerprint density at radius 3 is 2.30 bits per heavy atom. The van der Waals surface area contributed by atoms with Gasteiger partial charge in [0.15, 0.2) is 0 Å². The number of pyridine rings is 1. The Morgan fingerprint density at radius 1 is 0.970 bits per heavy atom. The van der Waals surface area contributed by atoms with Gasteiger partial charge in [-0.05, 0) is 85.3 Å². The standard InChI is InChI=1S/C28H44N2O3/c1-27(2,3)30-16-14-23(15-17-30)31-18-10-8-7-9-11-22-12-13-24(21-29-22)32-25-19-26(20-25)33-28(4,5)6/h12-13,21,23,25-26H,7-8,10,14-20H2,1-6H3. The predicted molar refractivity (Wildman–Crippen MR) is 134 cm³/mol. The average Bonchev–Trinajstić information content (AvgIpc) is 2.71. The molecule has 0 aromatic carbocycles. The van der Waals surface area contributed by atoms with Gasteiger partial charge in [0.2, 0.25) is 0 Å². The van der Waals surface area contributed by atoms with Crippen LogP contribution in [0.3, 0.4) is 0 Å². The van der Waals surface area contributed by atoms with Crippen molar-refractivity contribution in [1.82, 2.24) is 9.88 Å². The lowest BCUT2D eigenvalue weighted by atomic mass is 9.91. The van der Waals surface area contributed by atoms with Gasteiger partial charge < -0.3 is 14.2 Å². The van der Waals surface area contributed by atoms with Gasteiger partial charge in [0.05, 0.1) is 24.0 Å². The number of rotatable bonds is 8. The molecule has 1 aliphatic heterocycles. The number of likely N-dealkylation sites (tertiary alicyclic amines) is 1. The minimum absolute atomic E-state index is 0.0888. The molecule has 1 saturated heterocycles. The molecule has 184 valence electrons. The maximum Gasteiger partial charge on any atom is 0.138 e. The minimum Gasteiger partial charge on any atom is -0.489 e. The first-order valence-electron chi connectivity index (χ1n) is 12.7. The molecule has 0 bridgehead atoms. The molecule has 0 atom stereocenters. The van der Waals surface area contributed by atoms with E-state index in [1.54, 1.807) is 6.20 Å². The summed E-state index contributed by atoms with van der Waals surface area (Å²) >= 11 is 0. The predicted octanol–water partition coefficient (Wildman–Crippen LogP) is 5.61. The Bertz CT molecular complexity index is 769.